The molecule has 0 saturated carbocycles. The van der Waals surface area contributed by atoms with Crippen molar-refractivity contribution >= 4 is 11.4 Å². The Balaban J connectivity index is 1.64. The summed E-state index contributed by atoms with van der Waals surface area (Å²) in [4.78, 5) is 27.3. The van der Waals surface area contributed by atoms with Crippen LogP contribution in [0.4, 0.5) is 0 Å². The summed E-state index contributed by atoms with van der Waals surface area (Å²) in [6.45, 7) is 3.92. The molecule has 0 N–H and O–H groups in total. The molecule has 1 amide bonds. The Labute approximate surface area is 141 Å². The third-order valence-corrected chi connectivity index (χ3v) is 5.35. The maximum absolute atomic E-state index is 12.9. The van der Waals surface area contributed by atoms with Gasteiger partial charge in [-0.3, -0.25) is 9.59 Å². The lowest BCUT2D eigenvalue weighted by Crippen LogP contribution is -2.42. The molecule has 1 atom stereocenters. The normalized spacial score (nSPS) is 21.0. The number of piperidine rings is 1. The third kappa shape index (κ3) is 2.64. The van der Waals surface area contributed by atoms with Crippen LogP contribution < -0.4 is 5.56 Å². The molecule has 1 aliphatic carbocycles. The maximum Gasteiger partial charge on any atom is 0.277 e. The second-order valence-electron chi connectivity index (χ2n) is 7.24. The van der Waals surface area contributed by atoms with Gasteiger partial charge in [0.2, 0.25) is 5.91 Å². The van der Waals surface area contributed by atoms with Gasteiger partial charge in [-0.1, -0.05) is 6.92 Å². The van der Waals surface area contributed by atoms with Gasteiger partial charge < -0.3 is 9.47 Å². The van der Waals surface area contributed by atoms with Crippen LogP contribution in [-0.4, -0.2) is 38.1 Å². The van der Waals surface area contributed by atoms with E-state index in [1.807, 2.05) is 4.90 Å². The van der Waals surface area contributed by atoms with E-state index in [2.05, 4.69) is 12.0 Å². The first-order valence-corrected chi connectivity index (χ1v) is 9.01. The van der Waals surface area contributed by atoms with Crippen molar-refractivity contribution in [1.82, 2.24) is 19.1 Å². The van der Waals surface area contributed by atoms with Crippen molar-refractivity contribution in [1.29, 1.82) is 0 Å². The standard InChI is InChI=1S/C18H24N4O2/c1-13-5-4-8-20(11-13)16(23)12-21-9-10-22-17(18(21)24)14-6-2-3-7-15(14)19-22/h9-10,13H,2-8,11-12H2,1H3. The van der Waals surface area contributed by atoms with E-state index < -0.39 is 0 Å². The molecule has 6 nitrogen and oxygen atoms in total. The number of rotatable bonds is 2. The molecule has 2 aliphatic rings. The van der Waals surface area contributed by atoms with E-state index in [4.69, 9.17) is 0 Å². The molecular weight excluding hydrogens is 304 g/mol. The highest BCUT2D eigenvalue weighted by atomic mass is 16.2. The number of carbonyl (C=O) groups is 1. The van der Waals surface area contributed by atoms with E-state index in [1.165, 1.54) is 6.42 Å². The van der Waals surface area contributed by atoms with Crippen LogP contribution in [0.15, 0.2) is 17.2 Å². The SMILES string of the molecule is CC1CCCN(C(=O)Cn2ccn3nc4c(c3c2=O)CCCC4)C1. The van der Waals surface area contributed by atoms with Gasteiger partial charge in [-0.2, -0.15) is 5.10 Å². The van der Waals surface area contributed by atoms with Crippen molar-refractivity contribution < 1.29 is 4.79 Å². The highest BCUT2D eigenvalue weighted by Crippen LogP contribution is 2.22. The summed E-state index contributed by atoms with van der Waals surface area (Å²) in [6.07, 6.45) is 9.83. The molecule has 3 heterocycles. The van der Waals surface area contributed by atoms with Crippen LogP contribution >= 0.6 is 0 Å². The molecule has 2 aromatic heterocycles. The van der Waals surface area contributed by atoms with Gasteiger partial charge >= 0.3 is 0 Å². The number of aromatic nitrogens is 3. The van der Waals surface area contributed by atoms with E-state index >= 15 is 0 Å². The summed E-state index contributed by atoms with van der Waals surface area (Å²) >= 11 is 0. The van der Waals surface area contributed by atoms with Gasteiger partial charge in [-0.15, -0.1) is 0 Å². The van der Waals surface area contributed by atoms with Gasteiger partial charge in [0.25, 0.3) is 5.56 Å². The molecule has 0 radical (unpaired) electrons. The Hall–Kier alpha value is -2.11. The molecule has 1 saturated heterocycles. The molecule has 1 unspecified atom stereocenters. The Bertz CT molecular complexity index is 835. The van der Waals surface area contributed by atoms with E-state index in [9.17, 15) is 9.59 Å². The Morgan fingerprint density at radius 1 is 1.25 bits per heavy atom. The summed E-state index contributed by atoms with van der Waals surface area (Å²) in [5.74, 6) is 0.588. The zero-order valence-corrected chi connectivity index (χ0v) is 14.2. The Kier molecular flexibility index (Phi) is 3.90. The number of hydrogen-bond acceptors (Lipinski definition) is 3. The average Bonchev–Trinajstić information content (AvgIpc) is 2.96. The Morgan fingerprint density at radius 2 is 2.08 bits per heavy atom. The molecule has 2 aromatic rings. The number of nitrogens with zero attached hydrogens (tertiary/aromatic N) is 4. The average molecular weight is 328 g/mol. The molecule has 0 bridgehead atoms. The van der Waals surface area contributed by atoms with Crippen LogP contribution in [0.2, 0.25) is 0 Å². The first-order chi connectivity index (χ1) is 11.6. The lowest BCUT2D eigenvalue weighted by Gasteiger charge is -2.31. The largest absolute Gasteiger partial charge is 0.341 e. The van der Waals surface area contributed by atoms with Crippen molar-refractivity contribution in [2.75, 3.05) is 13.1 Å². The van der Waals surface area contributed by atoms with Gasteiger partial charge in [0.05, 0.1) is 5.69 Å². The van der Waals surface area contributed by atoms with Crippen molar-refractivity contribution in [2.45, 2.75) is 52.0 Å². The quantitative estimate of drug-likeness (QED) is 0.842. The Morgan fingerprint density at radius 3 is 2.92 bits per heavy atom. The molecule has 128 valence electrons. The maximum atomic E-state index is 12.9. The molecule has 6 heteroatoms. The fraction of sp³-hybridized carbons (Fsp3) is 0.611. The minimum Gasteiger partial charge on any atom is -0.341 e. The van der Waals surface area contributed by atoms with Crippen LogP contribution in [0.25, 0.3) is 5.52 Å². The zero-order chi connectivity index (χ0) is 16.7. The summed E-state index contributed by atoms with van der Waals surface area (Å²) in [6, 6.07) is 0. The number of hydrogen-bond donors (Lipinski definition) is 0. The number of likely N-dealkylation sites (tertiary alicyclic amines) is 1. The van der Waals surface area contributed by atoms with Gasteiger partial charge in [0.15, 0.2) is 0 Å². The monoisotopic (exact) mass is 328 g/mol. The zero-order valence-electron chi connectivity index (χ0n) is 14.2. The number of carbonyl (C=O) groups excluding carboxylic acids is 1. The fourth-order valence-corrected chi connectivity index (χ4v) is 4.04. The summed E-state index contributed by atoms with van der Waals surface area (Å²) in [5, 5.41) is 4.54. The first kappa shape index (κ1) is 15.4. The summed E-state index contributed by atoms with van der Waals surface area (Å²) < 4.78 is 3.25. The molecule has 0 aromatic carbocycles. The van der Waals surface area contributed by atoms with Gasteiger partial charge in [0.1, 0.15) is 12.1 Å². The van der Waals surface area contributed by atoms with Crippen LogP contribution in [0.3, 0.4) is 0 Å². The smallest absolute Gasteiger partial charge is 0.277 e. The predicted octanol–water partition coefficient (Wildman–Crippen LogP) is 1.63. The van der Waals surface area contributed by atoms with Crippen molar-refractivity contribution in [3.8, 4) is 0 Å². The van der Waals surface area contributed by atoms with Gasteiger partial charge in [-0.05, 0) is 44.4 Å². The molecule has 1 aliphatic heterocycles. The molecular formula is C18H24N4O2. The van der Waals surface area contributed by atoms with Crippen LogP contribution in [-0.2, 0) is 24.2 Å². The number of aryl methyl sites for hydroxylation is 2. The van der Waals surface area contributed by atoms with Crippen LogP contribution in [0.5, 0.6) is 0 Å². The topological polar surface area (TPSA) is 59.6 Å². The highest BCUT2D eigenvalue weighted by molar-refractivity contribution is 5.76. The van der Waals surface area contributed by atoms with E-state index in [1.54, 1.807) is 21.5 Å². The molecule has 1 fully saturated rings. The van der Waals surface area contributed by atoms with E-state index in [-0.39, 0.29) is 18.0 Å². The van der Waals surface area contributed by atoms with Gasteiger partial charge in [-0.25, -0.2) is 4.52 Å². The van der Waals surface area contributed by atoms with Crippen LogP contribution in [0, 0.1) is 5.92 Å². The third-order valence-electron chi connectivity index (χ3n) is 5.35. The second kappa shape index (κ2) is 6.07. The molecule has 4 rings (SSSR count). The molecule has 24 heavy (non-hydrogen) atoms. The van der Waals surface area contributed by atoms with E-state index in [0.29, 0.717) is 11.4 Å². The van der Waals surface area contributed by atoms with E-state index in [0.717, 1.165) is 56.5 Å². The summed E-state index contributed by atoms with van der Waals surface area (Å²) in [7, 11) is 0. The van der Waals surface area contributed by atoms with Crippen molar-refractivity contribution in [3.05, 3.63) is 34.0 Å². The van der Waals surface area contributed by atoms with Gasteiger partial charge in [0, 0.05) is 31.0 Å². The first-order valence-electron chi connectivity index (χ1n) is 9.01. The summed E-state index contributed by atoms with van der Waals surface area (Å²) in [5.41, 5.74) is 2.70. The lowest BCUT2D eigenvalue weighted by atomic mass is 9.97. The predicted molar refractivity (Wildman–Crippen MR) is 91.1 cm³/mol. The van der Waals surface area contributed by atoms with Crippen LogP contribution in [0.1, 0.15) is 43.9 Å². The minimum absolute atomic E-state index is 0.0429. The fourth-order valence-electron chi connectivity index (χ4n) is 4.04. The van der Waals surface area contributed by atoms with Crippen molar-refractivity contribution in [3.63, 3.8) is 0 Å². The number of amides is 1. The highest BCUT2D eigenvalue weighted by Gasteiger charge is 2.23. The molecule has 0 spiro atoms. The minimum atomic E-state index is -0.0912. The second-order valence-corrected chi connectivity index (χ2v) is 7.24. The number of fused-ring (bicyclic) bond motifs is 3. The lowest BCUT2D eigenvalue weighted by molar-refractivity contribution is -0.133. The van der Waals surface area contributed by atoms with Crippen molar-refractivity contribution in [2.24, 2.45) is 5.92 Å².